The molecule has 2 saturated carbocycles. The van der Waals surface area contributed by atoms with Gasteiger partial charge in [0.2, 0.25) is 6.41 Å². The topological polar surface area (TPSA) is 80.2 Å². The van der Waals surface area contributed by atoms with Gasteiger partial charge in [-0.1, -0.05) is 31.5 Å². The number of pyridine rings is 1. The van der Waals surface area contributed by atoms with Crippen molar-refractivity contribution in [3.8, 4) is 17.0 Å². The molecule has 6 nitrogen and oxygen atoms in total. The van der Waals surface area contributed by atoms with Crippen molar-refractivity contribution in [1.82, 2.24) is 10.3 Å². The number of ether oxygens (including phenoxy) is 1. The van der Waals surface area contributed by atoms with Crippen LogP contribution in [0, 0.1) is 18.6 Å². The maximum atomic E-state index is 14.7. The van der Waals surface area contributed by atoms with Crippen LogP contribution in [0.3, 0.4) is 0 Å². The minimum Gasteiger partial charge on any atom is -0.490 e. The number of nitrogens with zero attached hydrogens (tertiary/aromatic N) is 2. The number of amides is 1. The molecule has 6 rings (SSSR count). The van der Waals surface area contributed by atoms with Gasteiger partial charge in [0.15, 0.2) is 23.8 Å². The number of rotatable bonds is 11. The van der Waals surface area contributed by atoms with Gasteiger partial charge in [-0.3, -0.25) is 9.78 Å². The van der Waals surface area contributed by atoms with Crippen molar-refractivity contribution in [3.63, 3.8) is 0 Å². The third-order valence-electron chi connectivity index (χ3n) is 8.52. The summed E-state index contributed by atoms with van der Waals surface area (Å²) in [5.74, 6) is -0.701. The number of nitrogens with one attached hydrogen (secondary N) is 1. The number of carbonyl (C=O) groups is 1. The zero-order chi connectivity index (χ0) is 30.9. The Kier molecular flexibility index (Phi) is 8.88. The largest absolute Gasteiger partial charge is 0.490 e. The van der Waals surface area contributed by atoms with Crippen LogP contribution in [0.2, 0.25) is 5.02 Å². The summed E-state index contributed by atoms with van der Waals surface area (Å²) in [5, 5.41) is 2.15. The minimum atomic E-state index is -0.850. The molecule has 3 N–H and O–H groups in total. The minimum absolute atomic E-state index is 0.0512. The molecule has 43 heavy (non-hydrogen) atoms. The number of hydrogen-bond donors (Lipinski definition) is 2. The van der Waals surface area contributed by atoms with Crippen LogP contribution in [-0.2, 0) is 10.2 Å². The second kappa shape index (κ2) is 12.4. The fourth-order valence-electron chi connectivity index (χ4n) is 5.80. The zero-order valence-electron chi connectivity index (χ0n) is 24.9. The van der Waals surface area contributed by atoms with Gasteiger partial charge in [-0.25, -0.2) is 8.78 Å². The number of benzene rings is 2. The van der Waals surface area contributed by atoms with Gasteiger partial charge in [-0.15, -0.1) is 0 Å². The number of aryl methyl sites for hydroxylation is 1. The molecule has 2 aliphatic carbocycles. The van der Waals surface area contributed by atoms with Gasteiger partial charge in [0, 0.05) is 47.7 Å². The van der Waals surface area contributed by atoms with Crippen molar-refractivity contribution in [2.45, 2.75) is 69.7 Å². The molecule has 1 aliphatic heterocycles. The normalized spacial score (nSPS) is 16.5. The number of fused-ring (bicyclic) bond motifs is 1. The maximum absolute atomic E-state index is 14.7. The van der Waals surface area contributed by atoms with E-state index in [0.717, 1.165) is 54.8 Å². The molecular formula is C34H38ClF2N4O2+. The van der Waals surface area contributed by atoms with Gasteiger partial charge in [0.1, 0.15) is 16.4 Å². The summed E-state index contributed by atoms with van der Waals surface area (Å²) in [6, 6.07) is 11.3. The van der Waals surface area contributed by atoms with Gasteiger partial charge < -0.3 is 15.8 Å². The highest BCUT2D eigenvalue weighted by molar-refractivity contribution is 6.31. The van der Waals surface area contributed by atoms with E-state index in [0.29, 0.717) is 24.3 Å². The highest BCUT2D eigenvalue weighted by Gasteiger charge is 2.46. The van der Waals surface area contributed by atoms with Gasteiger partial charge >= 0.3 is 0 Å². The third-order valence-corrected chi connectivity index (χ3v) is 8.87. The van der Waals surface area contributed by atoms with E-state index < -0.39 is 16.7 Å². The maximum Gasteiger partial charge on any atom is 0.261 e. The molecule has 3 aliphatic rings. The summed E-state index contributed by atoms with van der Waals surface area (Å²) in [4.78, 5) is 15.5. The molecule has 1 unspecified atom stereocenters. The van der Waals surface area contributed by atoms with Crippen LogP contribution in [0.15, 0.2) is 48.7 Å². The van der Waals surface area contributed by atoms with Crippen molar-refractivity contribution in [3.05, 3.63) is 87.7 Å². The zero-order valence-corrected chi connectivity index (χ0v) is 25.6. The fraction of sp³-hybridized carbons (Fsp3) is 0.382. The van der Waals surface area contributed by atoms with Crippen LogP contribution in [0.5, 0.6) is 5.75 Å². The highest BCUT2D eigenvalue weighted by atomic mass is 35.5. The lowest BCUT2D eigenvalue weighted by molar-refractivity contribution is -0.462. The number of hydrogen-bond acceptors (Lipinski definition) is 4. The summed E-state index contributed by atoms with van der Waals surface area (Å²) in [6.45, 7) is 8.49. The van der Waals surface area contributed by atoms with Gasteiger partial charge in [0.25, 0.3) is 5.69 Å². The molecular weight excluding hydrogens is 570 g/mol. The summed E-state index contributed by atoms with van der Waals surface area (Å²) in [6.07, 6.45) is 8.92. The van der Waals surface area contributed by atoms with E-state index in [1.54, 1.807) is 13.2 Å². The monoisotopic (exact) mass is 607 g/mol. The molecule has 3 aromatic rings. The number of halogens is 3. The summed E-state index contributed by atoms with van der Waals surface area (Å²) >= 11 is 5.79. The summed E-state index contributed by atoms with van der Waals surface area (Å²) < 4.78 is 36.1. The molecule has 0 saturated heterocycles. The summed E-state index contributed by atoms with van der Waals surface area (Å²) in [5.41, 5.74) is 12.3. The van der Waals surface area contributed by atoms with Crippen molar-refractivity contribution in [2.75, 3.05) is 13.7 Å². The van der Waals surface area contributed by atoms with Crippen LogP contribution < -0.4 is 15.8 Å². The van der Waals surface area contributed by atoms with E-state index in [-0.39, 0.29) is 16.9 Å². The lowest BCUT2D eigenvalue weighted by atomic mass is 9.89. The molecule has 1 aromatic heterocycles. The van der Waals surface area contributed by atoms with E-state index in [9.17, 15) is 13.6 Å². The van der Waals surface area contributed by atoms with Gasteiger partial charge in [-0.05, 0) is 73.7 Å². The molecule has 2 fully saturated rings. The van der Waals surface area contributed by atoms with Crippen LogP contribution in [-0.4, -0.2) is 41.9 Å². The quantitative estimate of drug-likeness (QED) is 0.139. The Labute approximate surface area is 256 Å². The first-order valence-electron chi connectivity index (χ1n) is 14.7. The lowest BCUT2D eigenvalue weighted by Gasteiger charge is -2.22. The Morgan fingerprint density at radius 3 is 2.63 bits per heavy atom. The number of methoxy groups -OCH3 is 1. The van der Waals surface area contributed by atoms with Crippen LogP contribution in [0.1, 0.15) is 73.8 Å². The fourth-order valence-corrected chi connectivity index (χ4v) is 5.97. The highest BCUT2D eigenvalue weighted by Crippen LogP contribution is 2.52. The Balaban J connectivity index is 0.000000217. The van der Waals surface area contributed by atoms with Crippen LogP contribution >= 0.6 is 11.6 Å². The van der Waals surface area contributed by atoms with E-state index >= 15 is 0 Å². The molecule has 9 heteroatoms. The first-order chi connectivity index (χ1) is 20.6. The second-order valence-corrected chi connectivity index (χ2v) is 12.1. The van der Waals surface area contributed by atoms with Crippen molar-refractivity contribution >= 4 is 29.9 Å². The van der Waals surface area contributed by atoms with Crippen LogP contribution in [0.25, 0.3) is 11.3 Å². The van der Waals surface area contributed by atoms with E-state index in [1.807, 2.05) is 13.0 Å². The number of carbonyl (C=O) groups excluding carboxylic acids is 1. The SMILES string of the molecule is C=C(N)C1(c2cc(-c3ccc(F)c(Cl)c3F)nc(C(CCC)CNC=O)c2)CC1.COc1cc(C)cc2c1[N+](C1CC1)=C2. The molecule has 1 atom stereocenters. The van der Waals surface area contributed by atoms with Gasteiger partial charge in [-0.2, -0.15) is 4.58 Å². The lowest BCUT2D eigenvalue weighted by Crippen LogP contribution is -2.22. The number of nitrogens with two attached hydrogens (primary N) is 1. The Hall–Kier alpha value is -3.78. The van der Waals surface area contributed by atoms with E-state index in [4.69, 9.17) is 22.1 Å². The predicted octanol–water partition coefficient (Wildman–Crippen LogP) is 7.06. The molecule has 0 bridgehead atoms. The third kappa shape index (κ3) is 6.16. The van der Waals surface area contributed by atoms with Crippen molar-refractivity contribution < 1.29 is 22.9 Å². The average Bonchev–Trinajstić information content (AvgIpc) is 3.90. The van der Waals surface area contributed by atoms with E-state index in [2.05, 4.69) is 46.7 Å². The molecule has 226 valence electrons. The van der Waals surface area contributed by atoms with Crippen molar-refractivity contribution in [1.29, 1.82) is 0 Å². The Bertz CT molecular complexity index is 1600. The molecule has 1 amide bonds. The molecule has 2 heterocycles. The smallest absolute Gasteiger partial charge is 0.261 e. The Morgan fingerprint density at radius 2 is 2.02 bits per heavy atom. The van der Waals surface area contributed by atoms with Crippen molar-refractivity contribution in [2.24, 2.45) is 5.73 Å². The molecule has 0 spiro atoms. The van der Waals surface area contributed by atoms with Gasteiger partial charge in [0.05, 0.1) is 12.8 Å². The molecule has 0 radical (unpaired) electrons. The Morgan fingerprint density at radius 1 is 1.28 bits per heavy atom. The predicted molar refractivity (Wildman–Crippen MR) is 166 cm³/mol. The van der Waals surface area contributed by atoms with Crippen LogP contribution in [0.4, 0.5) is 14.5 Å². The first-order valence-corrected chi connectivity index (χ1v) is 15.1. The first kappa shape index (κ1) is 30.7. The standard InChI is InChI=1S/C22H24ClF2N3O.C12H14NO/c1-3-4-14(11-27-12-29)18-9-15(22(7-8-22)13(2)26)10-19(28-18)16-5-6-17(24)20(23)21(16)25;1-8-5-9-7-13(10-3-4-10)12(9)11(6-8)14-2/h5-6,9-10,12,14H,2-4,7-8,11,26H2,1H3,(H,27,29);5-7,10H,3-4H2,1-2H3/q;+1. The average molecular weight is 608 g/mol. The summed E-state index contributed by atoms with van der Waals surface area (Å²) in [7, 11) is 1.75. The number of aromatic nitrogens is 1. The molecule has 2 aromatic carbocycles. The number of allylic oxidation sites excluding steroid dienone is 1. The second-order valence-electron chi connectivity index (χ2n) is 11.7. The van der Waals surface area contributed by atoms with E-state index in [1.165, 1.54) is 35.7 Å².